The van der Waals surface area contributed by atoms with E-state index >= 15 is 0 Å². The highest BCUT2D eigenvalue weighted by Crippen LogP contribution is 2.17. The van der Waals surface area contributed by atoms with Crippen molar-refractivity contribution in [2.75, 3.05) is 7.11 Å². The summed E-state index contributed by atoms with van der Waals surface area (Å²) in [4.78, 5) is 23.8. The van der Waals surface area contributed by atoms with Gasteiger partial charge < -0.3 is 19.2 Å². The molecule has 1 N–H and O–H groups in total. The molecule has 1 aromatic heterocycles. The number of hydrogen-bond donors (Lipinski definition) is 1. The van der Waals surface area contributed by atoms with Crippen LogP contribution in [0.5, 0.6) is 5.75 Å². The van der Waals surface area contributed by atoms with E-state index in [9.17, 15) is 14.0 Å². The van der Waals surface area contributed by atoms with Crippen LogP contribution in [0.4, 0.5) is 4.39 Å². The quantitative estimate of drug-likeness (QED) is 0.826. The summed E-state index contributed by atoms with van der Waals surface area (Å²) < 4.78 is 28.7. The van der Waals surface area contributed by atoms with Crippen molar-refractivity contribution in [3.8, 4) is 5.75 Å². The number of amides is 1. The molecule has 122 valence electrons. The average molecular weight is 321 g/mol. The molecule has 1 atom stereocenters. The van der Waals surface area contributed by atoms with Crippen LogP contribution in [-0.4, -0.2) is 25.1 Å². The summed E-state index contributed by atoms with van der Waals surface area (Å²) in [6, 6.07) is 7.13. The summed E-state index contributed by atoms with van der Waals surface area (Å²) in [6.45, 7) is 1.57. The van der Waals surface area contributed by atoms with Crippen LogP contribution in [0.1, 0.15) is 23.0 Å². The predicted octanol–water partition coefficient (Wildman–Crippen LogP) is 2.29. The third-order valence-corrected chi connectivity index (χ3v) is 3.07. The fourth-order valence-corrected chi connectivity index (χ4v) is 1.80. The minimum atomic E-state index is -1.07. The van der Waals surface area contributed by atoms with E-state index in [1.165, 1.54) is 32.4 Å². The van der Waals surface area contributed by atoms with Crippen molar-refractivity contribution >= 4 is 11.9 Å². The molecule has 6 nitrogen and oxygen atoms in total. The van der Waals surface area contributed by atoms with E-state index in [0.717, 1.165) is 6.07 Å². The highest BCUT2D eigenvalue weighted by molar-refractivity contribution is 5.92. The molecular formula is C16H16FNO5. The van der Waals surface area contributed by atoms with Gasteiger partial charge in [-0.15, -0.1) is 0 Å². The molecule has 7 heteroatoms. The fourth-order valence-electron chi connectivity index (χ4n) is 1.80. The minimum Gasteiger partial charge on any atom is -0.497 e. The smallest absolute Gasteiger partial charge is 0.341 e. The van der Waals surface area contributed by atoms with Gasteiger partial charge in [0.25, 0.3) is 5.91 Å². The second kappa shape index (κ2) is 7.44. The van der Waals surface area contributed by atoms with Crippen LogP contribution in [0.2, 0.25) is 0 Å². The first-order valence-electron chi connectivity index (χ1n) is 6.86. The lowest BCUT2D eigenvalue weighted by Gasteiger charge is -2.13. The Bertz CT molecular complexity index is 684. The normalized spacial score (nSPS) is 11.6. The zero-order valence-electron chi connectivity index (χ0n) is 12.7. The lowest BCUT2D eigenvalue weighted by Crippen LogP contribution is -2.35. The van der Waals surface area contributed by atoms with Crippen LogP contribution in [-0.2, 0) is 16.1 Å². The van der Waals surface area contributed by atoms with E-state index in [-0.39, 0.29) is 17.9 Å². The SMILES string of the molecule is COc1ccc(C(=O)O[C@@H](C)C(=O)NCc2ccco2)c(F)c1. The van der Waals surface area contributed by atoms with Crippen molar-refractivity contribution in [1.29, 1.82) is 0 Å². The maximum atomic E-state index is 13.8. The van der Waals surface area contributed by atoms with Gasteiger partial charge in [-0.25, -0.2) is 9.18 Å². The summed E-state index contributed by atoms with van der Waals surface area (Å²) in [5, 5.41) is 2.55. The van der Waals surface area contributed by atoms with Crippen LogP contribution in [0.3, 0.4) is 0 Å². The van der Waals surface area contributed by atoms with Gasteiger partial charge in [-0.05, 0) is 31.2 Å². The maximum absolute atomic E-state index is 13.8. The summed E-state index contributed by atoms with van der Waals surface area (Å²) >= 11 is 0. The number of methoxy groups -OCH3 is 1. The van der Waals surface area contributed by atoms with Gasteiger partial charge in [-0.3, -0.25) is 4.79 Å². The third-order valence-electron chi connectivity index (χ3n) is 3.07. The lowest BCUT2D eigenvalue weighted by molar-refractivity contribution is -0.129. The third kappa shape index (κ3) is 4.32. The summed E-state index contributed by atoms with van der Waals surface area (Å²) in [5.41, 5.74) is -0.267. The Morgan fingerprint density at radius 1 is 1.35 bits per heavy atom. The molecule has 23 heavy (non-hydrogen) atoms. The van der Waals surface area contributed by atoms with Crippen molar-refractivity contribution in [1.82, 2.24) is 5.32 Å². The van der Waals surface area contributed by atoms with Crippen LogP contribution < -0.4 is 10.1 Å². The number of nitrogens with one attached hydrogen (secondary N) is 1. The van der Waals surface area contributed by atoms with E-state index < -0.39 is 23.8 Å². The van der Waals surface area contributed by atoms with Crippen molar-refractivity contribution in [3.05, 3.63) is 53.7 Å². The number of carbonyl (C=O) groups is 2. The molecule has 0 aliphatic carbocycles. The van der Waals surface area contributed by atoms with Gasteiger partial charge in [0.15, 0.2) is 6.10 Å². The Morgan fingerprint density at radius 2 is 2.13 bits per heavy atom. The van der Waals surface area contributed by atoms with E-state index in [4.69, 9.17) is 13.9 Å². The van der Waals surface area contributed by atoms with Gasteiger partial charge in [0.05, 0.1) is 25.5 Å². The number of rotatable bonds is 6. The topological polar surface area (TPSA) is 77.8 Å². The van der Waals surface area contributed by atoms with Gasteiger partial charge in [-0.2, -0.15) is 0 Å². The average Bonchev–Trinajstić information content (AvgIpc) is 3.05. The van der Waals surface area contributed by atoms with E-state index in [1.807, 2.05) is 0 Å². The van der Waals surface area contributed by atoms with E-state index in [2.05, 4.69) is 5.32 Å². The molecule has 0 bridgehead atoms. The van der Waals surface area contributed by atoms with Gasteiger partial charge in [0, 0.05) is 6.07 Å². The van der Waals surface area contributed by atoms with Gasteiger partial charge >= 0.3 is 5.97 Å². The molecule has 1 amide bonds. The predicted molar refractivity (Wildman–Crippen MR) is 78.4 cm³/mol. The molecule has 0 radical (unpaired) electrons. The largest absolute Gasteiger partial charge is 0.497 e. The van der Waals surface area contributed by atoms with Gasteiger partial charge in [0.2, 0.25) is 0 Å². The van der Waals surface area contributed by atoms with Gasteiger partial charge in [-0.1, -0.05) is 0 Å². The highest BCUT2D eigenvalue weighted by Gasteiger charge is 2.21. The second-order valence-electron chi connectivity index (χ2n) is 4.69. The van der Waals surface area contributed by atoms with Crippen molar-refractivity contribution in [3.63, 3.8) is 0 Å². The molecule has 1 aromatic carbocycles. The van der Waals surface area contributed by atoms with Crippen LogP contribution >= 0.6 is 0 Å². The Labute approximate surface area is 132 Å². The molecule has 0 spiro atoms. The Hall–Kier alpha value is -2.83. The van der Waals surface area contributed by atoms with E-state index in [0.29, 0.717) is 5.76 Å². The molecule has 1 heterocycles. The fraction of sp³-hybridized carbons (Fsp3) is 0.250. The molecular weight excluding hydrogens is 305 g/mol. The first kappa shape index (κ1) is 16.5. The number of halogens is 1. The molecule has 2 aromatic rings. The van der Waals surface area contributed by atoms with Crippen LogP contribution in [0.25, 0.3) is 0 Å². The van der Waals surface area contributed by atoms with Crippen LogP contribution in [0, 0.1) is 5.82 Å². The second-order valence-corrected chi connectivity index (χ2v) is 4.69. The first-order chi connectivity index (χ1) is 11.0. The Kier molecular flexibility index (Phi) is 5.35. The molecule has 0 fully saturated rings. The zero-order valence-corrected chi connectivity index (χ0v) is 12.7. The first-order valence-corrected chi connectivity index (χ1v) is 6.86. The number of ether oxygens (including phenoxy) is 2. The summed E-state index contributed by atoms with van der Waals surface area (Å²) in [7, 11) is 1.39. The zero-order chi connectivity index (χ0) is 16.8. The number of hydrogen-bond acceptors (Lipinski definition) is 5. The highest BCUT2D eigenvalue weighted by atomic mass is 19.1. The minimum absolute atomic E-state index is 0.171. The Balaban J connectivity index is 1.92. The molecule has 0 aliphatic rings. The summed E-state index contributed by atoms with van der Waals surface area (Å²) in [5.74, 6) is -1.37. The van der Waals surface area contributed by atoms with E-state index in [1.54, 1.807) is 12.1 Å². The molecule has 2 rings (SSSR count). The van der Waals surface area contributed by atoms with Crippen molar-refractivity contribution in [2.45, 2.75) is 19.6 Å². The number of esters is 1. The molecule has 0 aliphatic heterocycles. The van der Waals surface area contributed by atoms with Crippen molar-refractivity contribution in [2.24, 2.45) is 0 Å². The van der Waals surface area contributed by atoms with Crippen molar-refractivity contribution < 1.29 is 27.9 Å². The maximum Gasteiger partial charge on any atom is 0.341 e. The number of benzene rings is 1. The standard InChI is InChI=1S/C16H16FNO5/c1-10(15(19)18-9-12-4-3-7-22-12)23-16(20)13-6-5-11(21-2)8-14(13)17/h3-8,10H,9H2,1-2H3,(H,18,19)/t10-/m0/s1. The number of carbonyl (C=O) groups excluding carboxylic acids is 2. The monoisotopic (exact) mass is 321 g/mol. The lowest BCUT2D eigenvalue weighted by atomic mass is 10.2. The Morgan fingerprint density at radius 3 is 2.74 bits per heavy atom. The molecule has 0 saturated heterocycles. The molecule has 0 unspecified atom stereocenters. The van der Waals surface area contributed by atoms with Crippen LogP contribution in [0.15, 0.2) is 41.0 Å². The summed E-state index contributed by atoms with van der Waals surface area (Å²) in [6.07, 6.45) is 0.413. The molecule has 0 saturated carbocycles. The number of furan rings is 1. The van der Waals surface area contributed by atoms with Gasteiger partial charge in [0.1, 0.15) is 17.3 Å².